The van der Waals surface area contributed by atoms with Crippen LogP contribution in [0.1, 0.15) is 43.9 Å². The van der Waals surface area contributed by atoms with Gasteiger partial charge in [-0.2, -0.15) is 0 Å². The highest BCUT2D eigenvalue weighted by molar-refractivity contribution is 5.89. The minimum atomic E-state index is -2.99. The van der Waals surface area contributed by atoms with Crippen molar-refractivity contribution in [2.75, 3.05) is 0 Å². The van der Waals surface area contributed by atoms with Crippen molar-refractivity contribution in [3.63, 3.8) is 0 Å². The first-order valence-electron chi connectivity index (χ1n) is 11.1. The maximum Gasteiger partial charge on any atom is 0.373 e. The van der Waals surface area contributed by atoms with Gasteiger partial charge in [0.15, 0.2) is 0 Å². The van der Waals surface area contributed by atoms with Crippen LogP contribution in [0, 0.1) is 0 Å². The van der Waals surface area contributed by atoms with Gasteiger partial charge in [0.05, 0.1) is 16.7 Å². The fourth-order valence-corrected chi connectivity index (χ4v) is 3.47. The zero-order valence-corrected chi connectivity index (χ0v) is 19.2. The van der Waals surface area contributed by atoms with Crippen molar-refractivity contribution in [2.45, 2.75) is 30.5 Å². The van der Waals surface area contributed by atoms with E-state index in [4.69, 9.17) is 29.3 Å². The largest absolute Gasteiger partial charge is 0.387 e. The Balaban J connectivity index is 1.56. The van der Waals surface area contributed by atoms with Gasteiger partial charge in [-0.1, -0.05) is 54.6 Å². The SMILES string of the molecule is O=C(OOC1(OOC(=O)c2ccccc2)CCC(O)C1(O)OOC(=O)c1ccccc1)c1ccccc1. The summed E-state index contributed by atoms with van der Waals surface area (Å²) in [4.78, 5) is 66.9. The third-order valence-corrected chi connectivity index (χ3v) is 5.52. The zero-order chi connectivity index (χ0) is 26.3. The van der Waals surface area contributed by atoms with E-state index in [0.29, 0.717) is 0 Å². The summed E-state index contributed by atoms with van der Waals surface area (Å²) < 4.78 is 0. The molecule has 0 spiro atoms. The van der Waals surface area contributed by atoms with Crippen molar-refractivity contribution in [1.29, 1.82) is 0 Å². The van der Waals surface area contributed by atoms with E-state index in [9.17, 15) is 24.6 Å². The molecule has 3 aromatic carbocycles. The molecule has 2 unspecified atom stereocenters. The molecule has 1 aliphatic carbocycles. The van der Waals surface area contributed by atoms with Crippen molar-refractivity contribution >= 4 is 17.9 Å². The molecule has 11 nitrogen and oxygen atoms in total. The van der Waals surface area contributed by atoms with Crippen LogP contribution in [0.3, 0.4) is 0 Å². The Morgan fingerprint density at radius 2 is 0.973 bits per heavy atom. The van der Waals surface area contributed by atoms with E-state index in [2.05, 4.69) is 0 Å². The Bertz CT molecular complexity index is 1160. The number of carbonyl (C=O) groups excluding carboxylic acids is 3. The first kappa shape index (κ1) is 25.9. The minimum Gasteiger partial charge on any atom is -0.387 e. The smallest absolute Gasteiger partial charge is 0.373 e. The third kappa shape index (κ3) is 5.66. The average Bonchev–Trinajstić information content (AvgIpc) is 3.20. The van der Waals surface area contributed by atoms with Gasteiger partial charge in [-0.05, 0) is 42.8 Å². The van der Waals surface area contributed by atoms with Gasteiger partial charge in [-0.15, -0.1) is 14.7 Å². The average molecular weight is 510 g/mol. The lowest BCUT2D eigenvalue weighted by molar-refractivity contribution is -0.565. The molecule has 0 bridgehead atoms. The zero-order valence-electron chi connectivity index (χ0n) is 19.2. The Hall–Kier alpha value is -4.13. The van der Waals surface area contributed by atoms with E-state index in [1.807, 2.05) is 0 Å². The molecule has 0 radical (unpaired) electrons. The van der Waals surface area contributed by atoms with Crippen LogP contribution in [-0.4, -0.2) is 45.8 Å². The molecule has 11 heteroatoms. The second-order valence-electron chi connectivity index (χ2n) is 7.96. The molecule has 37 heavy (non-hydrogen) atoms. The molecule has 1 fully saturated rings. The Morgan fingerprint density at radius 3 is 1.35 bits per heavy atom. The highest BCUT2D eigenvalue weighted by Crippen LogP contribution is 2.45. The first-order chi connectivity index (χ1) is 17.8. The molecule has 2 atom stereocenters. The molecule has 0 aliphatic heterocycles. The van der Waals surface area contributed by atoms with Crippen molar-refractivity contribution < 1.29 is 53.9 Å². The van der Waals surface area contributed by atoms with Gasteiger partial charge in [0.1, 0.15) is 6.10 Å². The Kier molecular flexibility index (Phi) is 7.92. The quantitative estimate of drug-likeness (QED) is 0.249. The molecule has 0 saturated heterocycles. The predicted octanol–water partition coefficient (Wildman–Crippen LogP) is 2.89. The fourth-order valence-electron chi connectivity index (χ4n) is 3.47. The standard InChI is InChI=1S/C26H22O11/c27-21-16-17-25(35-32-22(28)18-10-4-1-5-11-18,36-33-23(29)19-12-6-2-7-13-19)26(21,31)37-34-24(30)20-14-8-3-9-15-20/h1-15,21,27,31H,16-17H2. The van der Waals surface area contributed by atoms with Gasteiger partial charge in [0, 0.05) is 6.42 Å². The molecule has 1 saturated carbocycles. The summed E-state index contributed by atoms with van der Waals surface area (Å²) >= 11 is 0. The summed E-state index contributed by atoms with van der Waals surface area (Å²) in [5.41, 5.74) is 0.229. The highest BCUT2D eigenvalue weighted by atomic mass is 17.3. The van der Waals surface area contributed by atoms with Crippen molar-refractivity contribution in [1.82, 2.24) is 0 Å². The number of carbonyl (C=O) groups is 3. The van der Waals surface area contributed by atoms with Gasteiger partial charge in [-0.3, -0.25) is 14.7 Å². The van der Waals surface area contributed by atoms with Gasteiger partial charge < -0.3 is 10.2 Å². The molecule has 2 N–H and O–H groups in total. The van der Waals surface area contributed by atoms with Crippen molar-refractivity contribution in [3.05, 3.63) is 108 Å². The van der Waals surface area contributed by atoms with Crippen LogP contribution in [-0.2, 0) is 29.3 Å². The van der Waals surface area contributed by atoms with E-state index in [1.54, 1.807) is 54.6 Å². The van der Waals surface area contributed by atoms with E-state index in [1.165, 1.54) is 36.4 Å². The summed E-state index contributed by atoms with van der Waals surface area (Å²) in [5, 5.41) is 21.8. The van der Waals surface area contributed by atoms with Crippen LogP contribution in [0.5, 0.6) is 0 Å². The highest BCUT2D eigenvalue weighted by Gasteiger charge is 2.69. The molecule has 0 amide bonds. The van der Waals surface area contributed by atoms with Crippen LogP contribution in [0.15, 0.2) is 91.0 Å². The molecule has 192 valence electrons. The van der Waals surface area contributed by atoms with Gasteiger partial charge >= 0.3 is 23.7 Å². The van der Waals surface area contributed by atoms with E-state index >= 15 is 0 Å². The number of aliphatic hydroxyl groups excluding tert-OH is 1. The molecule has 0 aromatic heterocycles. The summed E-state index contributed by atoms with van der Waals surface area (Å²) in [6, 6.07) is 23.0. The maximum atomic E-state index is 12.5. The van der Waals surface area contributed by atoms with Crippen LogP contribution < -0.4 is 0 Å². The van der Waals surface area contributed by atoms with Crippen LogP contribution >= 0.6 is 0 Å². The predicted molar refractivity (Wildman–Crippen MR) is 122 cm³/mol. The Labute approximate surface area is 210 Å². The topological polar surface area (TPSA) is 147 Å². The number of hydrogen-bond donors (Lipinski definition) is 2. The van der Waals surface area contributed by atoms with Crippen molar-refractivity contribution in [2.24, 2.45) is 0 Å². The summed E-state index contributed by atoms with van der Waals surface area (Å²) in [6.45, 7) is 0. The van der Waals surface area contributed by atoms with Gasteiger partial charge in [0.25, 0.3) is 5.79 Å². The first-order valence-corrected chi connectivity index (χ1v) is 11.1. The monoisotopic (exact) mass is 510 g/mol. The lowest BCUT2D eigenvalue weighted by Gasteiger charge is -2.36. The summed E-state index contributed by atoms with van der Waals surface area (Å²) in [5.74, 6) is -8.67. The summed E-state index contributed by atoms with van der Waals surface area (Å²) in [6.07, 6.45) is -2.47. The molecular weight excluding hydrogens is 488 g/mol. The molecule has 4 rings (SSSR count). The second-order valence-corrected chi connectivity index (χ2v) is 7.96. The third-order valence-electron chi connectivity index (χ3n) is 5.52. The minimum absolute atomic E-state index is 0.0667. The maximum absolute atomic E-state index is 12.5. The van der Waals surface area contributed by atoms with Crippen LogP contribution in [0.25, 0.3) is 0 Å². The molecule has 3 aromatic rings. The number of benzene rings is 3. The normalized spacial score (nSPS) is 20.1. The van der Waals surface area contributed by atoms with E-state index in [-0.39, 0.29) is 23.1 Å². The molecule has 0 heterocycles. The number of hydrogen-bond acceptors (Lipinski definition) is 11. The molecular formula is C26H22O11. The number of aliphatic hydroxyl groups is 2. The van der Waals surface area contributed by atoms with Gasteiger partial charge in [0.2, 0.25) is 0 Å². The second kappa shape index (κ2) is 11.3. The lowest BCUT2D eigenvalue weighted by Crippen LogP contribution is -2.60. The summed E-state index contributed by atoms with van der Waals surface area (Å²) in [7, 11) is 0. The molecule has 1 aliphatic rings. The number of rotatable bonds is 9. The fraction of sp³-hybridized carbons (Fsp3) is 0.192. The van der Waals surface area contributed by atoms with Crippen LogP contribution in [0.2, 0.25) is 0 Å². The Morgan fingerprint density at radius 1 is 0.622 bits per heavy atom. The lowest BCUT2D eigenvalue weighted by atomic mass is 10.1. The van der Waals surface area contributed by atoms with Crippen molar-refractivity contribution in [3.8, 4) is 0 Å². The van der Waals surface area contributed by atoms with Crippen LogP contribution in [0.4, 0.5) is 0 Å². The van der Waals surface area contributed by atoms with Gasteiger partial charge in [-0.25, -0.2) is 14.4 Å². The van der Waals surface area contributed by atoms with E-state index < -0.39 is 42.0 Å². The van der Waals surface area contributed by atoms with E-state index in [0.717, 1.165) is 0 Å².